The Kier molecular flexibility index (Phi) is 3.26. The molecule has 16 heavy (non-hydrogen) atoms. The Morgan fingerprint density at radius 1 is 0.812 bits per heavy atom. The molecule has 0 aromatic rings. The molecule has 1 heteroatoms. The highest BCUT2D eigenvalue weighted by Crippen LogP contribution is 2.60. The Balaban J connectivity index is 1.72. The zero-order chi connectivity index (χ0) is 11.1. The van der Waals surface area contributed by atoms with Gasteiger partial charge in [0.15, 0.2) is 0 Å². The van der Waals surface area contributed by atoms with Crippen LogP contribution in [0.3, 0.4) is 0 Å². The third kappa shape index (κ3) is 1.74. The van der Waals surface area contributed by atoms with Gasteiger partial charge in [0.05, 0.1) is 0 Å². The average Bonchev–Trinajstić information content (AvgIpc) is 2.26. The standard InChI is InChI=1S/C15H26S/c1-3-5-12-10-7-11-9-14(12)16-15(8-10)13(11)6-4-2/h10-15H,3-9H2,1-2H3. The van der Waals surface area contributed by atoms with Crippen LogP contribution in [0, 0.1) is 23.7 Å². The van der Waals surface area contributed by atoms with Crippen LogP contribution in [0.4, 0.5) is 0 Å². The smallest absolute Gasteiger partial charge is 0.00836 e. The lowest BCUT2D eigenvalue weighted by molar-refractivity contribution is 0.0593. The first kappa shape index (κ1) is 11.4. The van der Waals surface area contributed by atoms with Gasteiger partial charge >= 0.3 is 0 Å². The number of thioether (sulfide) groups is 1. The molecule has 6 unspecified atom stereocenters. The molecule has 4 aliphatic rings. The Morgan fingerprint density at radius 3 is 1.69 bits per heavy atom. The maximum absolute atomic E-state index is 2.40. The first-order valence-electron chi connectivity index (χ1n) is 7.48. The van der Waals surface area contributed by atoms with E-state index >= 15 is 0 Å². The average molecular weight is 238 g/mol. The lowest BCUT2D eigenvalue weighted by atomic mass is 9.60. The van der Waals surface area contributed by atoms with Gasteiger partial charge in [-0.1, -0.05) is 26.7 Å². The highest BCUT2D eigenvalue weighted by molar-refractivity contribution is 8.00. The molecule has 6 atom stereocenters. The SMILES string of the molecule is CCCC1C2CC3CC1SC(C2)C3CCC. The van der Waals surface area contributed by atoms with Crippen molar-refractivity contribution in [2.24, 2.45) is 23.7 Å². The quantitative estimate of drug-likeness (QED) is 0.682. The van der Waals surface area contributed by atoms with Crippen LogP contribution in [0.1, 0.15) is 58.8 Å². The zero-order valence-electron chi connectivity index (χ0n) is 10.8. The summed E-state index contributed by atoms with van der Waals surface area (Å²) < 4.78 is 0. The summed E-state index contributed by atoms with van der Waals surface area (Å²) >= 11 is 2.40. The van der Waals surface area contributed by atoms with Crippen LogP contribution in [0.5, 0.6) is 0 Å². The molecule has 2 aliphatic heterocycles. The molecule has 0 aromatic heterocycles. The topological polar surface area (TPSA) is 0 Å². The highest BCUT2D eigenvalue weighted by atomic mass is 32.2. The van der Waals surface area contributed by atoms with Gasteiger partial charge in [0.25, 0.3) is 0 Å². The van der Waals surface area contributed by atoms with Crippen LogP contribution in [-0.2, 0) is 0 Å². The highest BCUT2D eigenvalue weighted by Gasteiger charge is 2.52. The maximum atomic E-state index is 2.40. The van der Waals surface area contributed by atoms with Crippen molar-refractivity contribution in [1.29, 1.82) is 0 Å². The van der Waals surface area contributed by atoms with E-state index in [-0.39, 0.29) is 0 Å². The summed E-state index contributed by atoms with van der Waals surface area (Å²) in [6.07, 6.45) is 10.6. The fourth-order valence-electron chi connectivity index (χ4n) is 4.88. The minimum Gasteiger partial charge on any atom is -0.155 e. The molecular weight excluding hydrogens is 212 g/mol. The van der Waals surface area contributed by atoms with E-state index in [1.54, 1.807) is 19.3 Å². The molecule has 0 amide bonds. The van der Waals surface area contributed by atoms with E-state index in [2.05, 4.69) is 25.6 Å². The van der Waals surface area contributed by atoms with Crippen molar-refractivity contribution in [2.75, 3.05) is 0 Å². The van der Waals surface area contributed by atoms with Gasteiger partial charge in [0.2, 0.25) is 0 Å². The molecule has 4 fully saturated rings. The van der Waals surface area contributed by atoms with Crippen LogP contribution in [0.2, 0.25) is 0 Å². The largest absolute Gasteiger partial charge is 0.155 e. The molecule has 2 saturated heterocycles. The van der Waals surface area contributed by atoms with Crippen molar-refractivity contribution >= 4 is 11.8 Å². The Hall–Kier alpha value is 0.350. The number of rotatable bonds is 4. The normalized spacial score (nSPS) is 49.9. The molecule has 2 aliphatic carbocycles. The summed E-state index contributed by atoms with van der Waals surface area (Å²) in [5.41, 5.74) is 0. The predicted octanol–water partition coefficient (Wildman–Crippen LogP) is 4.73. The molecule has 4 bridgehead atoms. The first-order chi connectivity index (χ1) is 7.83. The molecule has 2 heterocycles. The molecule has 0 N–H and O–H groups in total. The molecule has 0 spiro atoms. The van der Waals surface area contributed by atoms with Crippen LogP contribution < -0.4 is 0 Å². The van der Waals surface area contributed by atoms with E-state index in [0.29, 0.717) is 0 Å². The van der Waals surface area contributed by atoms with E-state index in [9.17, 15) is 0 Å². The van der Waals surface area contributed by atoms with Gasteiger partial charge in [0, 0.05) is 10.5 Å². The lowest BCUT2D eigenvalue weighted by Crippen LogP contribution is -2.51. The third-order valence-corrected chi connectivity index (χ3v) is 7.22. The minimum atomic E-state index is 1.07. The van der Waals surface area contributed by atoms with Gasteiger partial charge in [-0.05, 0) is 55.8 Å². The monoisotopic (exact) mass is 238 g/mol. The maximum Gasteiger partial charge on any atom is 0.00836 e. The summed E-state index contributed by atoms with van der Waals surface area (Å²) in [5, 5.41) is 2.13. The van der Waals surface area contributed by atoms with Gasteiger partial charge in [-0.15, -0.1) is 0 Å². The van der Waals surface area contributed by atoms with E-state index in [0.717, 1.165) is 34.2 Å². The van der Waals surface area contributed by atoms with Gasteiger partial charge in [-0.2, -0.15) is 11.8 Å². The Morgan fingerprint density at radius 2 is 1.31 bits per heavy atom. The summed E-state index contributed by atoms with van der Waals surface area (Å²) in [4.78, 5) is 0. The van der Waals surface area contributed by atoms with Gasteiger partial charge in [0.1, 0.15) is 0 Å². The molecule has 0 aromatic carbocycles. The van der Waals surface area contributed by atoms with Crippen LogP contribution in [0.15, 0.2) is 0 Å². The molecule has 4 rings (SSSR count). The first-order valence-corrected chi connectivity index (χ1v) is 8.43. The van der Waals surface area contributed by atoms with Crippen molar-refractivity contribution in [3.8, 4) is 0 Å². The summed E-state index contributed by atoms with van der Waals surface area (Å²) in [5.74, 6) is 4.46. The van der Waals surface area contributed by atoms with E-state index in [4.69, 9.17) is 0 Å². The van der Waals surface area contributed by atoms with Crippen LogP contribution >= 0.6 is 11.8 Å². The van der Waals surface area contributed by atoms with Crippen molar-refractivity contribution in [1.82, 2.24) is 0 Å². The van der Waals surface area contributed by atoms with Gasteiger partial charge in [-0.25, -0.2) is 0 Å². The van der Waals surface area contributed by atoms with E-state index < -0.39 is 0 Å². The fraction of sp³-hybridized carbons (Fsp3) is 1.00. The summed E-state index contributed by atoms with van der Waals surface area (Å²) in [7, 11) is 0. The molecule has 0 radical (unpaired) electrons. The van der Waals surface area contributed by atoms with Crippen molar-refractivity contribution in [2.45, 2.75) is 69.3 Å². The Bertz CT molecular complexity index is 196. The van der Waals surface area contributed by atoms with E-state index in [1.807, 2.05) is 0 Å². The lowest BCUT2D eigenvalue weighted by Gasteiger charge is -2.58. The summed E-state index contributed by atoms with van der Waals surface area (Å²) in [6, 6.07) is 0. The second kappa shape index (κ2) is 4.55. The second-order valence-electron chi connectivity index (χ2n) is 6.35. The molecule has 92 valence electrons. The summed E-state index contributed by atoms with van der Waals surface area (Å²) in [6.45, 7) is 4.74. The van der Waals surface area contributed by atoms with Crippen LogP contribution in [-0.4, -0.2) is 10.5 Å². The van der Waals surface area contributed by atoms with Crippen molar-refractivity contribution in [3.63, 3.8) is 0 Å². The number of hydrogen-bond donors (Lipinski definition) is 0. The van der Waals surface area contributed by atoms with Gasteiger partial charge in [-0.3, -0.25) is 0 Å². The third-order valence-electron chi connectivity index (χ3n) is 5.44. The van der Waals surface area contributed by atoms with E-state index in [1.165, 1.54) is 25.7 Å². The molecule has 2 saturated carbocycles. The second-order valence-corrected chi connectivity index (χ2v) is 7.83. The number of hydrogen-bond acceptors (Lipinski definition) is 1. The Labute approximate surface area is 105 Å². The van der Waals surface area contributed by atoms with Gasteiger partial charge < -0.3 is 0 Å². The molecule has 0 nitrogen and oxygen atoms in total. The van der Waals surface area contributed by atoms with Crippen molar-refractivity contribution in [3.05, 3.63) is 0 Å². The predicted molar refractivity (Wildman–Crippen MR) is 72.8 cm³/mol. The van der Waals surface area contributed by atoms with Crippen LogP contribution in [0.25, 0.3) is 0 Å². The fourth-order valence-corrected chi connectivity index (χ4v) is 7.17. The minimum absolute atomic E-state index is 1.07. The zero-order valence-corrected chi connectivity index (χ0v) is 11.6. The van der Waals surface area contributed by atoms with Crippen molar-refractivity contribution < 1.29 is 0 Å². The molecular formula is C15H26S.